The van der Waals surface area contributed by atoms with Gasteiger partial charge in [0.05, 0.1) is 0 Å². The monoisotopic (exact) mass is 255 g/mol. The lowest BCUT2D eigenvalue weighted by atomic mass is 10.1. The summed E-state index contributed by atoms with van der Waals surface area (Å²) in [6, 6.07) is 0.253. The van der Waals surface area contributed by atoms with Crippen molar-refractivity contribution in [1.82, 2.24) is 10.2 Å². The first-order valence-electron chi connectivity index (χ1n) is 5.30. The molecule has 1 aliphatic heterocycles. The third-order valence-corrected chi connectivity index (χ3v) is 3.52. The Bertz CT molecular complexity index is 446. The molecule has 0 radical (unpaired) electrons. The van der Waals surface area contributed by atoms with Crippen LogP contribution in [-0.4, -0.2) is 33.5 Å². The van der Waals surface area contributed by atoms with Crippen molar-refractivity contribution in [2.75, 3.05) is 17.2 Å². The zero-order valence-electron chi connectivity index (χ0n) is 9.67. The van der Waals surface area contributed by atoms with E-state index in [9.17, 15) is 9.59 Å². The van der Waals surface area contributed by atoms with Gasteiger partial charge in [0.1, 0.15) is 0 Å². The van der Waals surface area contributed by atoms with Gasteiger partial charge in [-0.1, -0.05) is 16.9 Å². The topological polar surface area (TPSA) is 76.3 Å². The van der Waals surface area contributed by atoms with Crippen molar-refractivity contribution in [2.24, 2.45) is 5.92 Å². The lowest BCUT2D eigenvalue weighted by Gasteiger charge is -2.10. The molecule has 0 N–H and O–H groups in total. The minimum Gasteiger partial charge on any atom is -0.408 e. The van der Waals surface area contributed by atoms with Crippen molar-refractivity contribution in [2.45, 2.75) is 20.3 Å². The van der Waals surface area contributed by atoms with Crippen LogP contribution < -0.4 is 4.90 Å². The maximum atomic E-state index is 11.7. The maximum absolute atomic E-state index is 11.7. The molecule has 1 amide bonds. The highest BCUT2D eigenvalue weighted by Gasteiger charge is 2.33. The fourth-order valence-corrected chi connectivity index (χ4v) is 2.40. The van der Waals surface area contributed by atoms with Gasteiger partial charge in [-0.15, -0.1) is 5.10 Å². The Kier molecular flexibility index (Phi) is 3.46. The number of nitrogens with zero attached hydrogens (tertiary/aromatic N) is 3. The summed E-state index contributed by atoms with van der Waals surface area (Å²) in [5, 5.41) is 7.59. The Morgan fingerprint density at radius 2 is 2.35 bits per heavy atom. The number of hydrogen-bond donors (Lipinski definition) is 0. The van der Waals surface area contributed by atoms with Crippen LogP contribution in [0.2, 0.25) is 0 Å². The summed E-state index contributed by atoms with van der Waals surface area (Å²) in [7, 11) is 0. The van der Waals surface area contributed by atoms with E-state index < -0.39 is 0 Å². The number of aryl methyl sites for hydroxylation is 1. The van der Waals surface area contributed by atoms with Crippen LogP contribution in [0.1, 0.15) is 19.2 Å². The van der Waals surface area contributed by atoms with E-state index in [1.807, 2.05) is 0 Å². The number of carbonyl (C=O) groups is 2. The Hall–Kier alpha value is -1.37. The summed E-state index contributed by atoms with van der Waals surface area (Å²) in [6.07, 6.45) is 0.432. The van der Waals surface area contributed by atoms with Gasteiger partial charge in [0, 0.05) is 32.6 Å². The molecular weight excluding hydrogens is 242 g/mol. The molecule has 92 valence electrons. The van der Waals surface area contributed by atoms with E-state index in [4.69, 9.17) is 4.42 Å². The summed E-state index contributed by atoms with van der Waals surface area (Å²) >= 11 is 1.25. The number of hydrogen-bond acceptors (Lipinski definition) is 6. The number of aromatic nitrogens is 2. The van der Waals surface area contributed by atoms with E-state index >= 15 is 0 Å². The molecule has 17 heavy (non-hydrogen) atoms. The molecule has 0 aliphatic carbocycles. The first-order valence-corrected chi connectivity index (χ1v) is 6.28. The van der Waals surface area contributed by atoms with Gasteiger partial charge in [0.15, 0.2) is 5.12 Å². The standard InChI is InChI=1S/C10H13N3O3S/c1-6-11-12-10(16-6)13-4-8(3-9(13)15)5-17-7(2)14/h8H,3-5H2,1-2H3. The third-order valence-electron chi connectivity index (χ3n) is 2.47. The maximum Gasteiger partial charge on any atom is 0.324 e. The first-order chi connectivity index (χ1) is 8.06. The normalized spacial score (nSPS) is 20.0. The van der Waals surface area contributed by atoms with Crippen LogP contribution in [0.3, 0.4) is 0 Å². The molecular formula is C10H13N3O3S. The predicted octanol–water partition coefficient (Wildman–Crippen LogP) is 1.01. The number of carbonyl (C=O) groups excluding carboxylic acids is 2. The van der Waals surface area contributed by atoms with Crippen LogP contribution in [0.15, 0.2) is 4.42 Å². The van der Waals surface area contributed by atoms with E-state index in [-0.39, 0.29) is 23.0 Å². The highest BCUT2D eigenvalue weighted by molar-refractivity contribution is 8.13. The fourth-order valence-electron chi connectivity index (χ4n) is 1.71. The van der Waals surface area contributed by atoms with Crippen LogP contribution in [-0.2, 0) is 9.59 Å². The molecule has 0 bridgehead atoms. The van der Waals surface area contributed by atoms with E-state index in [1.54, 1.807) is 6.92 Å². The molecule has 1 aliphatic rings. The Morgan fingerprint density at radius 3 is 2.94 bits per heavy atom. The van der Waals surface area contributed by atoms with Gasteiger partial charge in [0.2, 0.25) is 11.8 Å². The predicted molar refractivity (Wildman–Crippen MR) is 62.6 cm³/mol. The molecule has 2 heterocycles. The average Bonchev–Trinajstić information content (AvgIpc) is 2.82. The molecule has 6 nitrogen and oxygen atoms in total. The molecule has 2 rings (SSSR count). The second-order valence-corrected chi connectivity index (χ2v) is 5.18. The zero-order valence-corrected chi connectivity index (χ0v) is 10.5. The van der Waals surface area contributed by atoms with E-state index in [0.717, 1.165) is 0 Å². The summed E-state index contributed by atoms with van der Waals surface area (Å²) in [6.45, 7) is 3.75. The summed E-state index contributed by atoms with van der Waals surface area (Å²) in [5.41, 5.74) is 0. The number of anilines is 1. The van der Waals surface area contributed by atoms with Crippen molar-refractivity contribution in [3.05, 3.63) is 5.89 Å². The van der Waals surface area contributed by atoms with E-state index in [2.05, 4.69) is 10.2 Å². The van der Waals surface area contributed by atoms with Crippen LogP contribution in [0, 0.1) is 12.8 Å². The highest BCUT2D eigenvalue weighted by atomic mass is 32.2. The van der Waals surface area contributed by atoms with Gasteiger partial charge in [-0.2, -0.15) is 0 Å². The molecule has 0 saturated carbocycles. The van der Waals surface area contributed by atoms with Gasteiger partial charge in [-0.25, -0.2) is 0 Å². The lowest BCUT2D eigenvalue weighted by molar-refractivity contribution is -0.117. The SMILES string of the molecule is CC(=O)SCC1CC(=O)N(c2nnc(C)o2)C1. The first kappa shape index (κ1) is 12.1. The lowest BCUT2D eigenvalue weighted by Crippen LogP contribution is -2.25. The smallest absolute Gasteiger partial charge is 0.324 e. The second-order valence-electron chi connectivity index (χ2n) is 3.98. The van der Waals surface area contributed by atoms with Gasteiger partial charge < -0.3 is 4.42 Å². The quantitative estimate of drug-likeness (QED) is 0.802. The minimum absolute atomic E-state index is 0.0252. The van der Waals surface area contributed by atoms with Crippen LogP contribution >= 0.6 is 11.8 Å². The third kappa shape index (κ3) is 2.85. The number of thioether (sulfide) groups is 1. The largest absolute Gasteiger partial charge is 0.408 e. The van der Waals surface area contributed by atoms with Gasteiger partial charge in [-0.05, 0) is 5.92 Å². The van der Waals surface area contributed by atoms with Crippen molar-refractivity contribution < 1.29 is 14.0 Å². The van der Waals surface area contributed by atoms with E-state index in [1.165, 1.54) is 23.6 Å². The fraction of sp³-hybridized carbons (Fsp3) is 0.600. The van der Waals surface area contributed by atoms with Gasteiger partial charge in [-0.3, -0.25) is 14.5 Å². The molecule has 1 fully saturated rings. The van der Waals surface area contributed by atoms with Crippen LogP contribution in [0.4, 0.5) is 6.01 Å². The Labute approximate surface area is 103 Å². The number of amides is 1. The van der Waals surface area contributed by atoms with Gasteiger partial charge >= 0.3 is 6.01 Å². The summed E-state index contributed by atoms with van der Waals surface area (Å²) in [5.74, 6) is 1.24. The van der Waals surface area contributed by atoms with Gasteiger partial charge in [0.25, 0.3) is 0 Å². The average molecular weight is 255 g/mol. The van der Waals surface area contributed by atoms with Crippen LogP contribution in [0.25, 0.3) is 0 Å². The molecule has 1 atom stereocenters. The van der Waals surface area contributed by atoms with Crippen molar-refractivity contribution >= 4 is 28.8 Å². The Morgan fingerprint density at radius 1 is 1.59 bits per heavy atom. The molecule has 1 unspecified atom stereocenters. The minimum atomic E-state index is -0.0252. The molecule has 1 saturated heterocycles. The molecule has 0 spiro atoms. The Balaban J connectivity index is 1.98. The summed E-state index contributed by atoms with van der Waals surface area (Å²) in [4.78, 5) is 24.1. The van der Waals surface area contributed by atoms with Crippen molar-refractivity contribution in [3.63, 3.8) is 0 Å². The van der Waals surface area contributed by atoms with E-state index in [0.29, 0.717) is 24.6 Å². The number of rotatable bonds is 3. The summed E-state index contributed by atoms with van der Waals surface area (Å²) < 4.78 is 5.22. The molecule has 7 heteroatoms. The zero-order chi connectivity index (χ0) is 12.4. The molecule has 1 aromatic rings. The van der Waals surface area contributed by atoms with Crippen molar-refractivity contribution in [1.29, 1.82) is 0 Å². The molecule has 0 aromatic carbocycles. The molecule has 1 aromatic heterocycles. The second kappa shape index (κ2) is 4.87. The highest BCUT2D eigenvalue weighted by Crippen LogP contribution is 2.26. The van der Waals surface area contributed by atoms with Crippen molar-refractivity contribution in [3.8, 4) is 0 Å². The van der Waals surface area contributed by atoms with Crippen LogP contribution in [0.5, 0.6) is 0 Å².